The molecule has 19 heavy (non-hydrogen) atoms. The van der Waals surface area contributed by atoms with Crippen molar-refractivity contribution in [3.8, 4) is 11.5 Å². The van der Waals surface area contributed by atoms with Crippen molar-refractivity contribution in [1.29, 1.82) is 0 Å². The van der Waals surface area contributed by atoms with Gasteiger partial charge in [-0.3, -0.25) is 9.78 Å². The average Bonchev–Trinajstić information content (AvgIpc) is 2.95. The molecule has 1 saturated heterocycles. The van der Waals surface area contributed by atoms with Gasteiger partial charge in [-0.25, -0.2) is 0 Å². The number of hydrogen-bond acceptors (Lipinski definition) is 5. The third-order valence-electron chi connectivity index (χ3n) is 3.38. The highest BCUT2D eigenvalue weighted by Gasteiger charge is 2.24. The van der Waals surface area contributed by atoms with Gasteiger partial charge in [-0.05, 0) is 19.9 Å². The van der Waals surface area contributed by atoms with Gasteiger partial charge in [0.05, 0.1) is 0 Å². The number of anilines is 1. The summed E-state index contributed by atoms with van der Waals surface area (Å²) in [5.74, 6) is 1.52. The van der Waals surface area contributed by atoms with E-state index < -0.39 is 0 Å². The van der Waals surface area contributed by atoms with Crippen molar-refractivity contribution in [3.63, 3.8) is 0 Å². The van der Waals surface area contributed by atoms with Crippen LogP contribution in [0.1, 0.15) is 13.8 Å². The fraction of sp³-hybridized carbons (Fsp3) is 0.583. The summed E-state index contributed by atoms with van der Waals surface area (Å²) < 4.78 is 1.79. The second kappa shape index (κ2) is 4.65. The van der Waals surface area contributed by atoms with Gasteiger partial charge in [0.2, 0.25) is 5.95 Å². The Hall–Kier alpha value is -1.89. The van der Waals surface area contributed by atoms with Crippen LogP contribution < -0.4 is 10.2 Å². The predicted molar refractivity (Wildman–Crippen MR) is 72.9 cm³/mol. The maximum Gasteiger partial charge on any atom is 0.245 e. The van der Waals surface area contributed by atoms with Gasteiger partial charge >= 0.3 is 0 Å². The smallest absolute Gasteiger partial charge is 0.245 e. The summed E-state index contributed by atoms with van der Waals surface area (Å²) in [6.07, 6.45) is 1.76. The van der Waals surface area contributed by atoms with E-state index in [0.717, 1.165) is 30.6 Å². The Balaban J connectivity index is 1.83. The first-order chi connectivity index (χ1) is 9.13. The van der Waals surface area contributed by atoms with Crippen LogP contribution in [0.4, 0.5) is 5.95 Å². The molecule has 2 aromatic rings. The lowest BCUT2D eigenvalue weighted by Crippen LogP contribution is -2.54. The van der Waals surface area contributed by atoms with E-state index in [-0.39, 0.29) is 0 Å². The molecule has 7 nitrogen and oxygen atoms in total. The molecule has 3 rings (SSSR count). The Morgan fingerprint density at radius 1 is 1.26 bits per heavy atom. The van der Waals surface area contributed by atoms with Gasteiger partial charge in [-0.1, -0.05) is 0 Å². The van der Waals surface area contributed by atoms with Gasteiger partial charge in [-0.2, -0.15) is 10.1 Å². The molecule has 2 aromatic heterocycles. The van der Waals surface area contributed by atoms with E-state index in [0.29, 0.717) is 12.1 Å². The molecule has 3 heterocycles. The summed E-state index contributed by atoms with van der Waals surface area (Å²) in [4.78, 5) is 6.79. The van der Waals surface area contributed by atoms with Crippen LogP contribution in [0, 0.1) is 0 Å². The topological polar surface area (TPSA) is 74.7 Å². The summed E-state index contributed by atoms with van der Waals surface area (Å²) in [6.45, 7) is 6.20. The van der Waals surface area contributed by atoms with E-state index in [1.54, 1.807) is 10.9 Å². The zero-order valence-electron chi connectivity index (χ0n) is 11.5. The van der Waals surface area contributed by atoms with E-state index in [1.165, 1.54) is 0 Å². The largest absolute Gasteiger partial charge is 0.336 e. The molecule has 0 aromatic carbocycles. The lowest BCUT2D eigenvalue weighted by atomic mass is 10.1. The van der Waals surface area contributed by atoms with Crippen molar-refractivity contribution in [2.24, 2.45) is 7.05 Å². The molecule has 102 valence electrons. The van der Waals surface area contributed by atoms with E-state index in [9.17, 15) is 0 Å². The lowest BCUT2D eigenvalue weighted by Gasteiger charge is -2.35. The van der Waals surface area contributed by atoms with Crippen molar-refractivity contribution < 1.29 is 0 Å². The SMILES string of the molecule is CC1CN(c2n[nH]c(-c3ccnn3C)n2)CC(C)N1. The molecule has 0 amide bonds. The number of aromatic amines is 1. The zero-order valence-corrected chi connectivity index (χ0v) is 11.5. The Bertz CT molecular complexity index is 548. The molecular formula is C12H19N7. The Labute approximate surface area is 112 Å². The van der Waals surface area contributed by atoms with Gasteiger partial charge in [-0.15, -0.1) is 5.10 Å². The molecule has 1 fully saturated rings. The number of nitrogens with one attached hydrogen (secondary N) is 2. The number of hydrogen-bond donors (Lipinski definition) is 2. The van der Waals surface area contributed by atoms with Crippen LogP contribution in [0.25, 0.3) is 11.5 Å². The van der Waals surface area contributed by atoms with Crippen LogP contribution in [-0.4, -0.2) is 50.1 Å². The highest BCUT2D eigenvalue weighted by molar-refractivity contribution is 5.51. The molecule has 2 atom stereocenters. The number of aryl methyl sites for hydroxylation is 1. The van der Waals surface area contributed by atoms with E-state index in [1.807, 2.05) is 13.1 Å². The monoisotopic (exact) mass is 261 g/mol. The quantitative estimate of drug-likeness (QED) is 0.818. The lowest BCUT2D eigenvalue weighted by molar-refractivity contribution is 0.403. The first kappa shape index (κ1) is 12.2. The van der Waals surface area contributed by atoms with Crippen LogP contribution in [-0.2, 0) is 7.05 Å². The summed E-state index contributed by atoms with van der Waals surface area (Å²) in [5.41, 5.74) is 0.940. The minimum atomic E-state index is 0.447. The second-order valence-electron chi connectivity index (χ2n) is 5.20. The van der Waals surface area contributed by atoms with Crippen LogP contribution in [0.2, 0.25) is 0 Å². The first-order valence-electron chi connectivity index (χ1n) is 6.55. The summed E-state index contributed by atoms with van der Waals surface area (Å²) >= 11 is 0. The number of nitrogens with zero attached hydrogens (tertiary/aromatic N) is 5. The van der Waals surface area contributed by atoms with Gasteiger partial charge in [0, 0.05) is 38.4 Å². The molecule has 0 aliphatic carbocycles. The van der Waals surface area contributed by atoms with E-state index >= 15 is 0 Å². The maximum atomic E-state index is 4.58. The van der Waals surface area contributed by atoms with Gasteiger partial charge in [0.1, 0.15) is 5.69 Å². The van der Waals surface area contributed by atoms with Crippen LogP contribution >= 0.6 is 0 Å². The second-order valence-corrected chi connectivity index (χ2v) is 5.20. The van der Waals surface area contributed by atoms with Crippen LogP contribution in [0.15, 0.2) is 12.3 Å². The van der Waals surface area contributed by atoms with Crippen molar-refractivity contribution in [1.82, 2.24) is 30.3 Å². The first-order valence-corrected chi connectivity index (χ1v) is 6.55. The van der Waals surface area contributed by atoms with Crippen molar-refractivity contribution in [2.45, 2.75) is 25.9 Å². The van der Waals surface area contributed by atoms with Crippen LogP contribution in [0.5, 0.6) is 0 Å². The van der Waals surface area contributed by atoms with Gasteiger partial charge in [0.15, 0.2) is 5.82 Å². The van der Waals surface area contributed by atoms with Crippen molar-refractivity contribution >= 4 is 5.95 Å². The molecule has 0 saturated carbocycles. The molecule has 2 unspecified atom stereocenters. The maximum absolute atomic E-state index is 4.58. The summed E-state index contributed by atoms with van der Waals surface area (Å²) in [5, 5.41) is 15.0. The number of rotatable bonds is 2. The molecule has 7 heteroatoms. The molecular weight excluding hydrogens is 242 g/mol. The number of H-pyrrole nitrogens is 1. The minimum Gasteiger partial charge on any atom is -0.336 e. The van der Waals surface area contributed by atoms with E-state index in [4.69, 9.17) is 0 Å². The molecule has 0 radical (unpaired) electrons. The van der Waals surface area contributed by atoms with Crippen molar-refractivity contribution in [2.75, 3.05) is 18.0 Å². The average molecular weight is 261 g/mol. The minimum absolute atomic E-state index is 0.447. The Morgan fingerprint density at radius 3 is 2.63 bits per heavy atom. The predicted octanol–water partition coefficient (Wildman–Crippen LogP) is 0.392. The van der Waals surface area contributed by atoms with E-state index in [2.05, 4.69) is 44.3 Å². The molecule has 0 bridgehead atoms. The Kier molecular flexibility index (Phi) is 2.98. The van der Waals surface area contributed by atoms with Gasteiger partial charge < -0.3 is 10.2 Å². The molecule has 0 spiro atoms. The third kappa shape index (κ3) is 2.33. The highest BCUT2D eigenvalue weighted by atomic mass is 15.4. The molecule has 1 aliphatic heterocycles. The number of aromatic nitrogens is 5. The molecule has 2 N–H and O–H groups in total. The van der Waals surface area contributed by atoms with Crippen molar-refractivity contribution in [3.05, 3.63) is 12.3 Å². The molecule has 1 aliphatic rings. The standard InChI is InChI=1S/C12H19N7/c1-8-6-19(7-9(2)14-8)12-15-11(16-17-12)10-4-5-13-18(10)3/h4-5,8-9,14H,6-7H2,1-3H3,(H,15,16,17). The Morgan fingerprint density at radius 2 is 2.00 bits per heavy atom. The summed E-state index contributed by atoms with van der Waals surface area (Å²) in [7, 11) is 1.90. The zero-order chi connectivity index (χ0) is 13.4. The fourth-order valence-electron chi connectivity index (χ4n) is 2.61. The third-order valence-corrected chi connectivity index (χ3v) is 3.38. The number of piperazine rings is 1. The highest BCUT2D eigenvalue weighted by Crippen LogP contribution is 2.18. The fourth-order valence-corrected chi connectivity index (χ4v) is 2.61. The van der Waals surface area contributed by atoms with Crippen LogP contribution in [0.3, 0.4) is 0 Å². The summed E-state index contributed by atoms with van der Waals surface area (Å²) in [6, 6.07) is 2.82. The normalized spacial score (nSPS) is 23.8. The van der Waals surface area contributed by atoms with Gasteiger partial charge in [0.25, 0.3) is 0 Å².